The average molecular weight is 252 g/mol. The highest BCUT2D eigenvalue weighted by molar-refractivity contribution is 5.22. The second kappa shape index (κ2) is 5.24. The molecule has 1 aromatic carbocycles. The van der Waals surface area contributed by atoms with Crippen LogP contribution in [0, 0.1) is 11.6 Å². The maximum Gasteiger partial charge on any atom is 0.162 e. The van der Waals surface area contributed by atoms with Crippen molar-refractivity contribution in [1.29, 1.82) is 0 Å². The zero-order valence-corrected chi connectivity index (χ0v) is 9.90. The molecule has 6 heteroatoms. The summed E-state index contributed by atoms with van der Waals surface area (Å²) >= 11 is 0. The topological polar surface area (TPSA) is 55.9 Å². The first kappa shape index (κ1) is 12.7. The predicted octanol–water partition coefficient (Wildman–Crippen LogP) is 1.45. The number of hydrazine groups is 1. The van der Waals surface area contributed by atoms with Crippen LogP contribution in [-0.4, -0.2) is 9.78 Å². The minimum absolute atomic E-state index is 0.256. The molecular formula is C12H14F2N4. The monoisotopic (exact) mass is 252 g/mol. The standard InChI is InChI=1S/C12H14F2N4/c1-18-7-9(6-16-18)11(17-15)5-8-3-2-4-10(13)12(8)14/h2-4,6-7,11,17H,5,15H2,1H3. The van der Waals surface area contributed by atoms with Crippen LogP contribution in [0.15, 0.2) is 30.6 Å². The van der Waals surface area contributed by atoms with Crippen LogP contribution in [0.1, 0.15) is 17.2 Å². The molecule has 2 aromatic rings. The molecule has 1 aromatic heterocycles. The third-order valence-corrected chi connectivity index (χ3v) is 2.78. The number of aromatic nitrogens is 2. The Morgan fingerprint density at radius 2 is 2.22 bits per heavy atom. The Kier molecular flexibility index (Phi) is 3.69. The summed E-state index contributed by atoms with van der Waals surface area (Å²) < 4.78 is 28.3. The Morgan fingerprint density at radius 3 is 2.83 bits per heavy atom. The van der Waals surface area contributed by atoms with E-state index in [0.29, 0.717) is 0 Å². The lowest BCUT2D eigenvalue weighted by molar-refractivity contribution is 0.481. The molecule has 0 aliphatic heterocycles. The normalized spacial score (nSPS) is 12.7. The first-order valence-corrected chi connectivity index (χ1v) is 5.49. The van der Waals surface area contributed by atoms with E-state index in [1.54, 1.807) is 30.2 Å². The molecule has 4 nitrogen and oxygen atoms in total. The molecule has 0 fully saturated rings. The molecule has 1 atom stereocenters. The van der Waals surface area contributed by atoms with E-state index in [4.69, 9.17) is 5.84 Å². The first-order chi connectivity index (χ1) is 8.61. The van der Waals surface area contributed by atoms with Crippen molar-refractivity contribution in [2.24, 2.45) is 12.9 Å². The SMILES string of the molecule is Cn1cc(C(Cc2cccc(F)c2F)NN)cn1. The highest BCUT2D eigenvalue weighted by Crippen LogP contribution is 2.20. The van der Waals surface area contributed by atoms with Crippen LogP contribution in [0.5, 0.6) is 0 Å². The Hall–Kier alpha value is -1.79. The van der Waals surface area contributed by atoms with Crippen molar-refractivity contribution in [1.82, 2.24) is 15.2 Å². The van der Waals surface area contributed by atoms with Crippen molar-refractivity contribution in [3.8, 4) is 0 Å². The lowest BCUT2D eigenvalue weighted by Crippen LogP contribution is -2.29. The highest BCUT2D eigenvalue weighted by Gasteiger charge is 2.16. The Bertz CT molecular complexity index is 539. The van der Waals surface area contributed by atoms with Gasteiger partial charge in [-0.1, -0.05) is 12.1 Å². The van der Waals surface area contributed by atoms with Gasteiger partial charge >= 0.3 is 0 Å². The molecule has 1 heterocycles. The van der Waals surface area contributed by atoms with Crippen LogP contribution in [-0.2, 0) is 13.5 Å². The molecular weight excluding hydrogens is 238 g/mol. The van der Waals surface area contributed by atoms with Crippen LogP contribution in [0.4, 0.5) is 8.78 Å². The van der Waals surface area contributed by atoms with Gasteiger partial charge in [0.1, 0.15) is 0 Å². The number of nitrogens with zero attached hydrogens (tertiary/aromatic N) is 2. The summed E-state index contributed by atoms with van der Waals surface area (Å²) in [7, 11) is 1.78. The minimum atomic E-state index is -0.852. The molecule has 0 saturated heterocycles. The molecule has 0 bridgehead atoms. The van der Waals surface area contributed by atoms with Crippen LogP contribution in [0.3, 0.4) is 0 Å². The second-order valence-corrected chi connectivity index (χ2v) is 4.08. The van der Waals surface area contributed by atoms with Crippen LogP contribution < -0.4 is 11.3 Å². The third-order valence-electron chi connectivity index (χ3n) is 2.78. The number of hydrogen-bond donors (Lipinski definition) is 2. The van der Waals surface area contributed by atoms with Gasteiger partial charge in [0, 0.05) is 18.8 Å². The van der Waals surface area contributed by atoms with E-state index in [2.05, 4.69) is 10.5 Å². The van der Waals surface area contributed by atoms with Crippen molar-refractivity contribution in [2.75, 3.05) is 0 Å². The lowest BCUT2D eigenvalue weighted by atomic mass is 10.0. The summed E-state index contributed by atoms with van der Waals surface area (Å²) in [5.74, 6) is 3.76. The Labute approximate surface area is 103 Å². The molecule has 18 heavy (non-hydrogen) atoms. The molecule has 96 valence electrons. The van der Waals surface area contributed by atoms with Gasteiger partial charge < -0.3 is 0 Å². The smallest absolute Gasteiger partial charge is 0.162 e. The van der Waals surface area contributed by atoms with E-state index >= 15 is 0 Å². The summed E-state index contributed by atoms with van der Waals surface area (Å²) in [6.07, 6.45) is 3.68. The van der Waals surface area contributed by atoms with Crippen LogP contribution >= 0.6 is 0 Å². The van der Waals surface area contributed by atoms with Gasteiger partial charge in [0.15, 0.2) is 11.6 Å². The maximum absolute atomic E-state index is 13.6. The van der Waals surface area contributed by atoms with Gasteiger partial charge in [-0.25, -0.2) is 8.78 Å². The second-order valence-electron chi connectivity index (χ2n) is 4.08. The minimum Gasteiger partial charge on any atom is -0.275 e. The molecule has 1 unspecified atom stereocenters. The molecule has 0 saturated carbocycles. The van der Waals surface area contributed by atoms with Gasteiger partial charge in [0.2, 0.25) is 0 Å². The number of nitrogens with one attached hydrogen (secondary N) is 1. The number of nitrogens with two attached hydrogens (primary N) is 1. The molecule has 0 aliphatic rings. The van der Waals surface area contributed by atoms with Crippen molar-refractivity contribution >= 4 is 0 Å². The fourth-order valence-corrected chi connectivity index (χ4v) is 1.82. The van der Waals surface area contributed by atoms with Gasteiger partial charge in [-0.15, -0.1) is 0 Å². The van der Waals surface area contributed by atoms with Gasteiger partial charge in [-0.05, 0) is 18.1 Å². The van der Waals surface area contributed by atoms with E-state index < -0.39 is 11.6 Å². The lowest BCUT2D eigenvalue weighted by Gasteiger charge is -2.14. The maximum atomic E-state index is 13.6. The van der Waals surface area contributed by atoms with E-state index in [1.807, 2.05) is 0 Å². The molecule has 0 radical (unpaired) electrons. The highest BCUT2D eigenvalue weighted by atomic mass is 19.2. The van der Waals surface area contributed by atoms with Crippen LogP contribution in [0.2, 0.25) is 0 Å². The molecule has 3 N–H and O–H groups in total. The number of rotatable bonds is 4. The van der Waals surface area contributed by atoms with Crippen molar-refractivity contribution < 1.29 is 8.78 Å². The summed E-state index contributed by atoms with van der Waals surface area (Å²) in [4.78, 5) is 0. The fraction of sp³-hybridized carbons (Fsp3) is 0.250. The number of benzene rings is 1. The van der Waals surface area contributed by atoms with E-state index in [9.17, 15) is 8.78 Å². The Morgan fingerprint density at radius 1 is 1.44 bits per heavy atom. The quantitative estimate of drug-likeness (QED) is 0.639. The van der Waals surface area contributed by atoms with Crippen molar-refractivity contribution in [2.45, 2.75) is 12.5 Å². The van der Waals surface area contributed by atoms with Gasteiger partial charge in [0.05, 0.1) is 12.2 Å². The molecule has 0 amide bonds. The largest absolute Gasteiger partial charge is 0.275 e. The zero-order chi connectivity index (χ0) is 13.1. The number of aryl methyl sites for hydroxylation is 1. The van der Waals surface area contributed by atoms with Gasteiger partial charge in [-0.3, -0.25) is 16.0 Å². The summed E-state index contributed by atoms with van der Waals surface area (Å²) in [5, 5.41) is 4.02. The van der Waals surface area contributed by atoms with Crippen molar-refractivity contribution in [3.05, 3.63) is 53.4 Å². The average Bonchev–Trinajstić information content (AvgIpc) is 2.78. The third kappa shape index (κ3) is 2.55. The Balaban J connectivity index is 2.23. The summed E-state index contributed by atoms with van der Waals surface area (Å²) in [6.45, 7) is 0. The van der Waals surface area contributed by atoms with Gasteiger partial charge in [0.25, 0.3) is 0 Å². The molecule has 2 rings (SSSR count). The zero-order valence-electron chi connectivity index (χ0n) is 9.90. The molecule has 0 aliphatic carbocycles. The van der Waals surface area contributed by atoms with Crippen molar-refractivity contribution in [3.63, 3.8) is 0 Å². The van der Waals surface area contributed by atoms with E-state index in [-0.39, 0.29) is 18.0 Å². The van der Waals surface area contributed by atoms with Gasteiger partial charge in [-0.2, -0.15) is 5.10 Å². The van der Waals surface area contributed by atoms with E-state index in [0.717, 1.165) is 11.6 Å². The van der Waals surface area contributed by atoms with E-state index in [1.165, 1.54) is 6.07 Å². The summed E-state index contributed by atoms with van der Waals surface area (Å²) in [6, 6.07) is 3.80. The number of halogens is 2. The fourth-order valence-electron chi connectivity index (χ4n) is 1.82. The number of hydrogen-bond acceptors (Lipinski definition) is 3. The predicted molar refractivity (Wildman–Crippen MR) is 63.3 cm³/mol. The first-order valence-electron chi connectivity index (χ1n) is 5.49. The summed E-state index contributed by atoms with van der Waals surface area (Å²) in [5.41, 5.74) is 3.69. The molecule has 0 spiro atoms. The van der Waals surface area contributed by atoms with Crippen LogP contribution in [0.25, 0.3) is 0 Å².